The molecule has 2 aromatic rings. The first kappa shape index (κ1) is 14.7. The number of rotatable bonds is 3. The van der Waals surface area contributed by atoms with Gasteiger partial charge in [0.2, 0.25) is 0 Å². The van der Waals surface area contributed by atoms with Gasteiger partial charge in [0.05, 0.1) is 5.56 Å². The number of aryl methyl sites for hydroxylation is 1. The lowest BCUT2D eigenvalue weighted by Gasteiger charge is -2.08. The summed E-state index contributed by atoms with van der Waals surface area (Å²) in [6, 6.07) is 8.73. The summed E-state index contributed by atoms with van der Waals surface area (Å²) in [5.41, 5.74) is 1.08. The predicted molar refractivity (Wildman–Crippen MR) is 76.4 cm³/mol. The number of benzene rings is 2. The van der Waals surface area contributed by atoms with Crippen LogP contribution in [-0.4, -0.2) is 5.91 Å². The molecule has 0 bridgehead atoms. The molecule has 2 rings (SSSR count). The molecule has 0 radical (unpaired) electrons. The molecule has 0 spiro atoms. The summed E-state index contributed by atoms with van der Waals surface area (Å²) >= 11 is 3.23. The molecule has 2 aromatic carbocycles. The van der Waals surface area contributed by atoms with Crippen LogP contribution in [-0.2, 0) is 6.54 Å². The lowest BCUT2D eigenvalue weighted by atomic mass is 10.1. The number of nitrogens with one attached hydrogen (secondary N) is 1. The molecule has 0 atom stereocenters. The molecule has 0 aliphatic rings. The molecule has 20 heavy (non-hydrogen) atoms. The number of carbonyl (C=O) groups excluding carboxylic acids is 1. The van der Waals surface area contributed by atoms with Gasteiger partial charge in [0.25, 0.3) is 5.91 Å². The molecule has 0 aliphatic carbocycles. The Morgan fingerprint density at radius 1 is 1.15 bits per heavy atom. The maximum absolute atomic E-state index is 13.5. The summed E-state index contributed by atoms with van der Waals surface area (Å²) in [5, 5.41) is 2.51. The highest BCUT2D eigenvalue weighted by Crippen LogP contribution is 2.16. The zero-order valence-corrected chi connectivity index (χ0v) is 12.3. The second-order valence-corrected chi connectivity index (χ2v) is 5.32. The minimum absolute atomic E-state index is 0.00249. The predicted octanol–water partition coefficient (Wildman–Crippen LogP) is 3.97. The summed E-state index contributed by atoms with van der Waals surface area (Å²) in [6.07, 6.45) is 0. The van der Waals surface area contributed by atoms with E-state index in [0.29, 0.717) is 10.0 Å². The van der Waals surface area contributed by atoms with Crippen molar-refractivity contribution in [2.75, 3.05) is 0 Å². The summed E-state index contributed by atoms with van der Waals surface area (Å²) in [7, 11) is 0. The van der Waals surface area contributed by atoms with Crippen LogP contribution in [0.3, 0.4) is 0 Å². The van der Waals surface area contributed by atoms with Gasteiger partial charge in [0.15, 0.2) is 0 Å². The van der Waals surface area contributed by atoms with E-state index in [9.17, 15) is 13.6 Å². The Morgan fingerprint density at radius 3 is 2.60 bits per heavy atom. The highest BCUT2D eigenvalue weighted by atomic mass is 79.9. The SMILES string of the molecule is Cc1ccc(F)c(C(=O)NCc2cc(Br)ccc2F)c1. The third-order valence-electron chi connectivity index (χ3n) is 2.81. The second kappa shape index (κ2) is 6.13. The standard InChI is InChI=1S/C15H12BrF2NO/c1-9-2-4-14(18)12(6-9)15(20)19-8-10-7-11(16)3-5-13(10)17/h2-7H,8H2,1H3,(H,19,20). The van der Waals surface area contributed by atoms with Gasteiger partial charge in [0, 0.05) is 16.6 Å². The smallest absolute Gasteiger partial charge is 0.254 e. The first-order valence-corrected chi connectivity index (χ1v) is 6.75. The van der Waals surface area contributed by atoms with E-state index in [1.165, 1.54) is 18.2 Å². The Bertz CT molecular complexity index is 658. The number of carbonyl (C=O) groups is 1. The number of hydrogen-bond donors (Lipinski definition) is 1. The van der Waals surface area contributed by atoms with Gasteiger partial charge in [-0.25, -0.2) is 8.78 Å². The molecule has 1 N–H and O–H groups in total. The highest BCUT2D eigenvalue weighted by molar-refractivity contribution is 9.10. The number of halogens is 3. The molecule has 104 valence electrons. The van der Waals surface area contributed by atoms with Gasteiger partial charge < -0.3 is 5.32 Å². The summed E-state index contributed by atoms with van der Waals surface area (Å²) in [6.45, 7) is 1.77. The Balaban J connectivity index is 2.12. The van der Waals surface area contributed by atoms with Crippen LogP contribution >= 0.6 is 15.9 Å². The Labute approximate surface area is 123 Å². The lowest BCUT2D eigenvalue weighted by molar-refractivity contribution is 0.0946. The molecule has 0 heterocycles. The molecule has 0 aromatic heterocycles. The van der Waals surface area contributed by atoms with E-state index >= 15 is 0 Å². The fourth-order valence-electron chi connectivity index (χ4n) is 1.76. The molecule has 0 saturated carbocycles. The van der Waals surface area contributed by atoms with Gasteiger partial charge in [0.1, 0.15) is 11.6 Å². The fourth-order valence-corrected chi connectivity index (χ4v) is 2.17. The summed E-state index contributed by atoms with van der Waals surface area (Å²) in [4.78, 5) is 11.9. The van der Waals surface area contributed by atoms with Crippen LogP contribution < -0.4 is 5.32 Å². The second-order valence-electron chi connectivity index (χ2n) is 4.40. The molecule has 0 saturated heterocycles. The van der Waals surface area contributed by atoms with Crippen molar-refractivity contribution >= 4 is 21.8 Å². The van der Waals surface area contributed by atoms with Crippen LogP contribution in [0.4, 0.5) is 8.78 Å². The van der Waals surface area contributed by atoms with Gasteiger partial charge in [-0.05, 0) is 37.3 Å². The van der Waals surface area contributed by atoms with Gasteiger partial charge in [-0.15, -0.1) is 0 Å². The van der Waals surface area contributed by atoms with E-state index in [0.717, 1.165) is 5.56 Å². The van der Waals surface area contributed by atoms with Gasteiger partial charge in [-0.3, -0.25) is 4.79 Å². The van der Waals surface area contributed by atoms with Crippen molar-refractivity contribution < 1.29 is 13.6 Å². The third kappa shape index (κ3) is 3.42. The van der Waals surface area contributed by atoms with Crippen molar-refractivity contribution in [1.82, 2.24) is 5.32 Å². The maximum Gasteiger partial charge on any atom is 0.254 e. The van der Waals surface area contributed by atoms with Crippen molar-refractivity contribution in [2.45, 2.75) is 13.5 Å². The number of hydrogen-bond acceptors (Lipinski definition) is 1. The third-order valence-corrected chi connectivity index (χ3v) is 3.31. The van der Waals surface area contributed by atoms with E-state index in [4.69, 9.17) is 0 Å². The van der Waals surface area contributed by atoms with Crippen molar-refractivity contribution in [3.8, 4) is 0 Å². The van der Waals surface area contributed by atoms with Gasteiger partial charge in [-0.1, -0.05) is 27.6 Å². The topological polar surface area (TPSA) is 29.1 Å². The van der Waals surface area contributed by atoms with Crippen LogP contribution in [0.1, 0.15) is 21.5 Å². The van der Waals surface area contributed by atoms with Crippen LogP contribution in [0.2, 0.25) is 0 Å². The minimum Gasteiger partial charge on any atom is -0.348 e. The zero-order valence-electron chi connectivity index (χ0n) is 10.7. The monoisotopic (exact) mass is 339 g/mol. The van der Waals surface area contributed by atoms with E-state index in [1.54, 1.807) is 25.1 Å². The average molecular weight is 340 g/mol. The quantitative estimate of drug-likeness (QED) is 0.900. The number of amides is 1. The zero-order chi connectivity index (χ0) is 14.7. The molecular weight excluding hydrogens is 328 g/mol. The van der Waals surface area contributed by atoms with Crippen molar-refractivity contribution in [1.29, 1.82) is 0 Å². The van der Waals surface area contributed by atoms with E-state index in [1.807, 2.05) is 0 Å². The molecule has 5 heteroatoms. The summed E-state index contributed by atoms with van der Waals surface area (Å²) in [5.74, 6) is -1.58. The lowest BCUT2D eigenvalue weighted by Crippen LogP contribution is -2.24. The van der Waals surface area contributed by atoms with E-state index < -0.39 is 17.5 Å². The molecule has 2 nitrogen and oxygen atoms in total. The van der Waals surface area contributed by atoms with Crippen molar-refractivity contribution in [3.63, 3.8) is 0 Å². The van der Waals surface area contributed by atoms with Crippen molar-refractivity contribution in [3.05, 3.63) is 69.2 Å². The Kier molecular flexibility index (Phi) is 4.49. The van der Waals surface area contributed by atoms with Crippen LogP contribution in [0.15, 0.2) is 40.9 Å². The molecule has 0 unspecified atom stereocenters. The summed E-state index contributed by atoms with van der Waals surface area (Å²) < 4.78 is 27.8. The van der Waals surface area contributed by atoms with E-state index in [2.05, 4.69) is 21.2 Å². The maximum atomic E-state index is 13.5. The van der Waals surface area contributed by atoms with Gasteiger partial charge >= 0.3 is 0 Å². The fraction of sp³-hybridized carbons (Fsp3) is 0.133. The normalized spacial score (nSPS) is 10.4. The highest BCUT2D eigenvalue weighted by Gasteiger charge is 2.12. The molecule has 0 fully saturated rings. The van der Waals surface area contributed by atoms with Crippen molar-refractivity contribution in [2.24, 2.45) is 0 Å². The average Bonchev–Trinajstić information content (AvgIpc) is 2.42. The van der Waals surface area contributed by atoms with Crippen LogP contribution in [0.5, 0.6) is 0 Å². The molecule has 1 amide bonds. The van der Waals surface area contributed by atoms with Gasteiger partial charge in [-0.2, -0.15) is 0 Å². The largest absolute Gasteiger partial charge is 0.348 e. The first-order chi connectivity index (χ1) is 9.47. The Hall–Kier alpha value is -1.75. The first-order valence-electron chi connectivity index (χ1n) is 5.95. The van der Waals surface area contributed by atoms with Crippen LogP contribution in [0.25, 0.3) is 0 Å². The molecular formula is C15H12BrF2NO. The minimum atomic E-state index is -0.595. The van der Waals surface area contributed by atoms with Crippen LogP contribution in [0, 0.1) is 18.6 Å². The van der Waals surface area contributed by atoms with E-state index in [-0.39, 0.29) is 12.1 Å². The Morgan fingerprint density at radius 2 is 1.85 bits per heavy atom. The molecule has 0 aliphatic heterocycles.